The van der Waals surface area contributed by atoms with E-state index in [2.05, 4.69) is 5.32 Å². The molecule has 2 aromatic rings. The van der Waals surface area contributed by atoms with Gasteiger partial charge in [-0.15, -0.1) is 0 Å². The Hall–Kier alpha value is -3.56. The quantitative estimate of drug-likeness (QED) is 0.480. The topological polar surface area (TPSA) is 102 Å². The summed E-state index contributed by atoms with van der Waals surface area (Å²) in [7, 11) is 1.35. The van der Waals surface area contributed by atoms with Gasteiger partial charge in [0.1, 0.15) is 11.3 Å². The number of halogens is 2. The van der Waals surface area contributed by atoms with E-state index < -0.39 is 34.0 Å². The molecule has 1 atom stereocenters. The number of urea groups is 1. The molecular weight excluding hydrogens is 376 g/mol. The van der Waals surface area contributed by atoms with E-state index in [4.69, 9.17) is 4.74 Å². The molecule has 1 aliphatic heterocycles. The maximum absolute atomic E-state index is 13.6. The van der Waals surface area contributed by atoms with Crippen LogP contribution in [0.3, 0.4) is 0 Å². The van der Waals surface area contributed by atoms with Gasteiger partial charge in [-0.1, -0.05) is 6.07 Å². The minimum Gasteiger partial charge on any atom is -0.496 e. The summed E-state index contributed by atoms with van der Waals surface area (Å²) in [5.41, 5.74) is -1.53. The average Bonchev–Trinajstić information content (AvgIpc) is 2.87. The number of benzene rings is 2. The predicted molar refractivity (Wildman–Crippen MR) is 92.4 cm³/mol. The van der Waals surface area contributed by atoms with Crippen LogP contribution >= 0.6 is 0 Å². The lowest BCUT2D eigenvalue weighted by Gasteiger charge is -2.22. The molecule has 146 valence electrons. The molecule has 0 bridgehead atoms. The standard InChI is InChI=1S/C18H15F2N3O5/c1-18(11-3-5-13(19)14(20)8-11)16(24)22(17(25)21-18)9-10-7-12(23(26)27)4-6-15(10)28-2/h3-8H,9H2,1-2H3,(H,21,25). The second-order valence-electron chi connectivity index (χ2n) is 6.33. The van der Waals surface area contributed by atoms with Gasteiger partial charge in [0.05, 0.1) is 18.6 Å². The third-order valence-corrected chi connectivity index (χ3v) is 4.58. The van der Waals surface area contributed by atoms with Gasteiger partial charge in [0.25, 0.3) is 11.6 Å². The van der Waals surface area contributed by atoms with Gasteiger partial charge in [-0.25, -0.2) is 13.6 Å². The van der Waals surface area contributed by atoms with E-state index in [-0.39, 0.29) is 29.1 Å². The van der Waals surface area contributed by atoms with Crippen LogP contribution < -0.4 is 10.1 Å². The van der Waals surface area contributed by atoms with Crippen molar-refractivity contribution in [1.82, 2.24) is 10.2 Å². The first-order valence-electron chi connectivity index (χ1n) is 8.08. The minimum atomic E-state index is -1.61. The van der Waals surface area contributed by atoms with Crippen LogP contribution in [-0.4, -0.2) is 28.9 Å². The summed E-state index contributed by atoms with van der Waals surface area (Å²) in [5.74, 6) is -2.69. The average molecular weight is 391 g/mol. The van der Waals surface area contributed by atoms with Crippen LogP contribution in [0, 0.1) is 21.7 Å². The van der Waals surface area contributed by atoms with Crippen LogP contribution in [0.4, 0.5) is 19.3 Å². The normalized spacial score (nSPS) is 18.9. The monoisotopic (exact) mass is 391 g/mol. The molecule has 1 unspecified atom stereocenters. The highest BCUT2D eigenvalue weighted by atomic mass is 19.2. The van der Waals surface area contributed by atoms with Crippen molar-refractivity contribution in [1.29, 1.82) is 0 Å². The zero-order chi connectivity index (χ0) is 20.6. The summed E-state index contributed by atoms with van der Waals surface area (Å²) >= 11 is 0. The Labute approximate surface area is 157 Å². The Morgan fingerprint density at radius 2 is 1.89 bits per heavy atom. The summed E-state index contributed by atoms with van der Waals surface area (Å²) in [6.45, 7) is 1.07. The fourth-order valence-corrected chi connectivity index (χ4v) is 3.02. The maximum Gasteiger partial charge on any atom is 0.325 e. The molecular formula is C18H15F2N3O5. The molecule has 3 rings (SSSR count). The summed E-state index contributed by atoms with van der Waals surface area (Å²) in [4.78, 5) is 36.5. The third-order valence-electron chi connectivity index (χ3n) is 4.58. The van der Waals surface area contributed by atoms with Crippen molar-refractivity contribution in [3.05, 3.63) is 69.3 Å². The number of carbonyl (C=O) groups is 2. The Bertz CT molecular complexity index is 997. The van der Waals surface area contributed by atoms with E-state index in [1.807, 2.05) is 0 Å². The fraction of sp³-hybridized carbons (Fsp3) is 0.222. The Morgan fingerprint density at radius 3 is 2.50 bits per heavy atom. The molecule has 1 heterocycles. The highest BCUT2D eigenvalue weighted by Gasteiger charge is 2.49. The number of carbonyl (C=O) groups excluding carboxylic acids is 2. The van der Waals surface area contributed by atoms with Crippen molar-refractivity contribution in [3.8, 4) is 5.75 Å². The Kier molecular flexibility index (Phi) is 4.72. The van der Waals surface area contributed by atoms with E-state index in [1.165, 1.54) is 38.3 Å². The number of nitro benzene ring substituents is 1. The molecule has 1 N–H and O–H groups in total. The molecule has 1 aliphatic rings. The number of hydrogen-bond donors (Lipinski definition) is 1. The minimum absolute atomic E-state index is 0.0678. The summed E-state index contributed by atoms with van der Waals surface area (Å²) in [6, 6.07) is 5.93. The molecule has 1 saturated heterocycles. The lowest BCUT2D eigenvalue weighted by Crippen LogP contribution is -2.41. The van der Waals surface area contributed by atoms with Crippen molar-refractivity contribution >= 4 is 17.6 Å². The number of nitrogens with zero attached hydrogens (tertiary/aromatic N) is 2. The van der Waals surface area contributed by atoms with Gasteiger partial charge in [0, 0.05) is 17.7 Å². The van der Waals surface area contributed by atoms with Crippen molar-refractivity contribution in [2.75, 3.05) is 7.11 Å². The predicted octanol–water partition coefficient (Wildman–Crippen LogP) is 2.85. The molecule has 0 spiro atoms. The molecule has 0 aliphatic carbocycles. The first kappa shape index (κ1) is 19.2. The lowest BCUT2D eigenvalue weighted by atomic mass is 9.92. The van der Waals surface area contributed by atoms with Crippen molar-refractivity contribution in [2.45, 2.75) is 19.0 Å². The summed E-state index contributed by atoms with van der Waals surface area (Å²) in [6.07, 6.45) is 0. The number of amides is 3. The number of imide groups is 1. The van der Waals surface area contributed by atoms with Crippen LogP contribution in [0.15, 0.2) is 36.4 Å². The number of nitrogens with one attached hydrogen (secondary N) is 1. The van der Waals surface area contributed by atoms with Gasteiger partial charge >= 0.3 is 6.03 Å². The number of rotatable bonds is 5. The van der Waals surface area contributed by atoms with Crippen LogP contribution in [0.1, 0.15) is 18.1 Å². The van der Waals surface area contributed by atoms with Crippen molar-refractivity contribution in [2.24, 2.45) is 0 Å². The van der Waals surface area contributed by atoms with E-state index in [1.54, 1.807) is 0 Å². The molecule has 0 saturated carbocycles. The molecule has 28 heavy (non-hydrogen) atoms. The lowest BCUT2D eigenvalue weighted by molar-refractivity contribution is -0.384. The van der Waals surface area contributed by atoms with Crippen LogP contribution in [0.25, 0.3) is 0 Å². The maximum atomic E-state index is 13.6. The van der Waals surface area contributed by atoms with Gasteiger partial charge < -0.3 is 10.1 Å². The van der Waals surface area contributed by atoms with E-state index in [9.17, 15) is 28.5 Å². The fourth-order valence-electron chi connectivity index (χ4n) is 3.02. The molecule has 0 aromatic heterocycles. The zero-order valence-electron chi connectivity index (χ0n) is 14.9. The number of hydrogen-bond acceptors (Lipinski definition) is 5. The SMILES string of the molecule is COc1ccc([N+](=O)[O-])cc1CN1C(=O)NC(C)(c2ccc(F)c(F)c2)C1=O. The van der Waals surface area contributed by atoms with E-state index in [0.717, 1.165) is 17.0 Å². The molecule has 2 aromatic carbocycles. The van der Waals surface area contributed by atoms with Gasteiger partial charge in [-0.2, -0.15) is 0 Å². The first-order valence-corrected chi connectivity index (χ1v) is 8.08. The molecule has 0 radical (unpaired) electrons. The van der Waals surface area contributed by atoms with Gasteiger partial charge in [0.2, 0.25) is 0 Å². The number of methoxy groups -OCH3 is 1. The van der Waals surface area contributed by atoms with Gasteiger partial charge in [-0.05, 0) is 30.7 Å². The number of nitro groups is 1. The van der Waals surface area contributed by atoms with Crippen LogP contribution in [-0.2, 0) is 16.9 Å². The highest BCUT2D eigenvalue weighted by molar-refractivity contribution is 6.07. The largest absolute Gasteiger partial charge is 0.496 e. The molecule has 8 nitrogen and oxygen atoms in total. The molecule has 1 fully saturated rings. The Morgan fingerprint density at radius 1 is 1.18 bits per heavy atom. The van der Waals surface area contributed by atoms with E-state index >= 15 is 0 Å². The number of non-ortho nitro benzene ring substituents is 1. The van der Waals surface area contributed by atoms with Crippen LogP contribution in [0.2, 0.25) is 0 Å². The summed E-state index contributed by atoms with van der Waals surface area (Å²) < 4.78 is 31.9. The number of ether oxygens (including phenoxy) is 1. The van der Waals surface area contributed by atoms with Crippen molar-refractivity contribution in [3.63, 3.8) is 0 Å². The van der Waals surface area contributed by atoms with Crippen molar-refractivity contribution < 1.29 is 28.0 Å². The highest BCUT2D eigenvalue weighted by Crippen LogP contribution is 2.32. The Balaban J connectivity index is 1.95. The van der Waals surface area contributed by atoms with E-state index in [0.29, 0.717) is 0 Å². The zero-order valence-corrected chi connectivity index (χ0v) is 14.9. The second kappa shape index (κ2) is 6.87. The molecule has 3 amide bonds. The van der Waals surface area contributed by atoms with Gasteiger partial charge in [0.15, 0.2) is 11.6 Å². The van der Waals surface area contributed by atoms with Crippen LogP contribution in [0.5, 0.6) is 5.75 Å². The first-order chi connectivity index (χ1) is 13.2. The third kappa shape index (κ3) is 3.13. The van der Waals surface area contributed by atoms with Gasteiger partial charge in [-0.3, -0.25) is 19.8 Å². The summed E-state index contributed by atoms with van der Waals surface area (Å²) in [5, 5.41) is 13.5. The molecule has 10 heteroatoms. The second-order valence-corrected chi connectivity index (χ2v) is 6.33. The smallest absolute Gasteiger partial charge is 0.325 e.